The fourth-order valence-corrected chi connectivity index (χ4v) is 7.67. The lowest BCUT2D eigenvalue weighted by Crippen LogP contribution is -2.30. The zero-order valence-electron chi connectivity index (χ0n) is 39.4. The number of unbranched alkanes of at least 4 members (excludes halogenated alkanes) is 22. The van der Waals surface area contributed by atoms with Crippen molar-refractivity contribution < 1.29 is 47.1 Å². The predicted octanol–water partition coefficient (Wildman–Crippen LogP) is 13.5. The molecule has 64 heavy (non-hydrogen) atoms. The highest BCUT2D eigenvalue weighted by Crippen LogP contribution is 2.39. The fraction of sp³-hybridized carbons (Fsp3) is 0.745. The van der Waals surface area contributed by atoms with Gasteiger partial charge in [0.1, 0.15) is 12.1 Å². The van der Waals surface area contributed by atoms with Crippen molar-refractivity contribution in [3.63, 3.8) is 0 Å². The van der Waals surface area contributed by atoms with E-state index in [1.807, 2.05) is 0 Å². The number of aromatic nitrogens is 2. The largest absolute Gasteiger partial charge is 0.756 e. The number of hydrogen-bond acceptors (Lipinski definition) is 13. The molecule has 1 heterocycles. The van der Waals surface area contributed by atoms with Gasteiger partial charge in [-0.25, -0.2) is 4.63 Å². The lowest BCUT2D eigenvalue weighted by atomic mass is 10.1. The molecule has 17 heteroatoms. The van der Waals surface area contributed by atoms with Gasteiger partial charge in [0.25, 0.3) is 7.82 Å². The van der Waals surface area contributed by atoms with Gasteiger partial charge in [0.2, 0.25) is 5.52 Å². The van der Waals surface area contributed by atoms with Crippen LogP contribution in [0.1, 0.15) is 194 Å². The van der Waals surface area contributed by atoms with Gasteiger partial charge in [-0.2, -0.15) is 0 Å². The third kappa shape index (κ3) is 29.7. The molecule has 0 aliphatic rings. The van der Waals surface area contributed by atoms with Crippen molar-refractivity contribution in [2.75, 3.05) is 26.4 Å². The number of rotatable bonds is 42. The molecule has 2 atom stereocenters. The summed E-state index contributed by atoms with van der Waals surface area (Å²) in [6.45, 7) is 2.91. The number of nitrogens with zero attached hydrogens (tertiary/aromatic N) is 4. The Bertz CT molecular complexity index is 1620. The second-order valence-electron chi connectivity index (χ2n) is 16.2. The third-order valence-electron chi connectivity index (χ3n) is 10.6. The summed E-state index contributed by atoms with van der Waals surface area (Å²) < 4.78 is 38.2. The van der Waals surface area contributed by atoms with Crippen molar-refractivity contribution in [2.24, 2.45) is 0 Å². The minimum absolute atomic E-state index is 0. The zero-order chi connectivity index (χ0) is 45.6. The van der Waals surface area contributed by atoms with Crippen LogP contribution < -0.4 is 11.0 Å². The summed E-state index contributed by atoms with van der Waals surface area (Å²) in [4.78, 5) is 48.6. The number of ether oxygens (including phenoxy) is 2. The molecule has 366 valence electrons. The number of nitro benzene ring substituents is 1. The first-order valence-corrected chi connectivity index (χ1v) is 25.4. The lowest BCUT2D eigenvalue weighted by molar-refractivity contribution is -0.383. The summed E-state index contributed by atoms with van der Waals surface area (Å²) in [5.74, 6) is -0.997. The number of benzene rings is 1. The van der Waals surface area contributed by atoms with Crippen LogP contribution in [0.3, 0.4) is 0 Å². The normalized spacial score (nSPS) is 13.0. The van der Waals surface area contributed by atoms with Gasteiger partial charge in [-0.15, -0.1) is 12.2 Å². The van der Waals surface area contributed by atoms with Gasteiger partial charge in [-0.1, -0.05) is 152 Å². The van der Waals surface area contributed by atoms with Crippen LogP contribution in [0.25, 0.3) is 16.4 Å². The summed E-state index contributed by atoms with van der Waals surface area (Å²) in [6, 6.07) is 2.53. The van der Waals surface area contributed by atoms with Crippen molar-refractivity contribution in [2.45, 2.75) is 200 Å². The van der Waals surface area contributed by atoms with Gasteiger partial charge in [-0.05, 0) is 69.4 Å². The van der Waals surface area contributed by atoms with Crippen LogP contribution >= 0.6 is 7.82 Å². The van der Waals surface area contributed by atoms with Crippen molar-refractivity contribution in [3.8, 4) is 0 Å². The standard InChI is InChI=1S/C47H78N4O11P.H3N/c1-3-5-7-9-11-13-15-17-19-21-23-25-27-29-31-33-44(52)58-39-41(61-45(53)34-32-30-28-26-24-22-20-18-16-14-12-10-8-6-4-2)40-60-63(56,57)59-38-37-48-42-35-36-43(51(54)55)47-46(42)49-62-50-47;/h17-20,35-36,41H,3-16,21-34,37-40H2,1-2H3,(H-,48,50,56,57);1H3/q-1;/b19-17+,20-18+;/t41-;/m1./s1. The van der Waals surface area contributed by atoms with Gasteiger partial charge in [0.15, 0.2) is 6.10 Å². The molecule has 16 nitrogen and oxygen atoms in total. The molecule has 1 aromatic carbocycles. The van der Waals surface area contributed by atoms with Crippen molar-refractivity contribution in [1.82, 2.24) is 16.5 Å². The SMILES string of the molecule is CCCCCCCC/C=C/CCCCCCCC(=O)OC[C@H](COP(=O)([O-])OCC[N-]c1ccc([N+](=O)[O-])c2nonc12)OC(=O)CCCCCCC/C=C/CCCCCCCC.[NH4+]. The molecule has 0 saturated carbocycles. The highest BCUT2D eigenvalue weighted by atomic mass is 31.2. The maximum absolute atomic E-state index is 12.8. The van der Waals surface area contributed by atoms with Gasteiger partial charge in [0.05, 0.1) is 11.5 Å². The number of hydrogen-bond donors (Lipinski definition) is 1. The molecule has 0 fully saturated rings. The highest BCUT2D eigenvalue weighted by Gasteiger charge is 2.21. The van der Waals surface area contributed by atoms with Gasteiger partial charge in [0, 0.05) is 25.5 Å². The Kier molecular flexibility index (Phi) is 35.1. The quantitative estimate of drug-likeness (QED) is 0.0163. The Labute approximate surface area is 382 Å². The molecule has 2 rings (SSSR count). The second kappa shape index (κ2) is 38.6. The first-order chi connectivity index (χ1) is 30.7. The average molecular weight is 923 g/mol. The number of fused-ring (bicyclic) bond motifs is 1. The topological polar surface area (TPSA) is 244 Å². The smallest absolute Gasteiger partial charge is 0.306 e. The molecule has 2 aromatic rings. The van der Waals surface area contributed by atoms with Crippen LogP contribution in [0, 0.1) is 10.1 Å². The summed E-state index contributed by atoms with van der Waals surface area (Å²) in [6.07, 6.45) is 37.8. The number of carbonyl (C=O) groups is 2. The van der Waals surface area contributed by atoms with Crippen LogP contribution in [-0.4, -0.2) is 59.6 Å². The Hall–Kier alpha value is -3.69. The molecule has 0 spiro atoms. The molecule has 0 amide bonds. The number of phosphoric acid groups is 1. The van der Waals surface area contributed by atoms with E-state index in [0.29, 0.717) is 12.8 Å². The molecule has 1 unspecified atom stereocenters. The first-order valence-electron chi connectivity index (χ1n) is 24.0. The van der Waals surface area contributed by atoms with E-state index in [9.17, 15) is 29.2 Å². The predicted molar refractivity (Wildman–Crippen MR) is 252 cm³/mol. The second-order valence-corrected chi connectivity index (χ2v) is 17.7. The molecule has 0 bridgehead atoms. The Morgan fingerprint density at radius 1 is 0.688 bits per heavy atom. The summed E-state index contributed by atoms with van der Waals surface area (Å²) in [7, 11) is -4.90. The van der Waals surface area contributed by atoms with E-state index in [-0.39, 0.29) is 54.6 Å². The molecule has 0 aliphatic carbocycles. The minimum atomic E-state index is -4.90. The van der Waals surface area contributed by atoms with Crippen molar-refractivity contribution >= 4 is 42.2 Å². The van der Waals surface area contributed by atoms with Gasteiger partial charge >= 0.3 is 17.6 Å². The van der Waals surface area contributed by atoms with E-state index >= 15 is 0 Å². The van der Waals surface area contributed by atoms with Crippen molar-refractivity contribution in [3.05, 3.63) is 51.9 Å². The number of nitro groups is 1. The van der Waals surface area contributed by atoms with Gasteiger partial charge in [-0.3, -0.25) is 24.3 Å². The molecule has 4 N–H and O–H groups in total. The van der Waals surface area contributed by atoms with E-state index in [4.69, 9.17) is 18.5 Å². The van der Waals surface area contributed by atoms with E-state index < -0.39 is 44.0 Å². The molecular weight excluding hydrogens is 842 g/mol. The maximum atomic E-state index is 12.8. The summed E-state index contributed by atoms with van der Waals surface area (Å²) >= 11 is 0. The van der Waals surface area contributed by atoms with E-state index in [1.54, 1.807) is 0 Å². The number of phosphoric ester groups is 1. The number of quaternary nitrogens is 1. The summed E-state index contributed by atoms with van der Waals surface area (Å²) in [5.41, 5.74) is -0.158. The van der Waals surface area contributed by atoms with Gasteiger partial charge < -0.3 is 34.9 Å². The third-order valence-corrected chi connectivity index (χ3v) is 11.6. The van der Waals surface area contributed by atoms with Crippen LogP contribution in [0.5, 0.6) is 0 Å². The molecule has 0 aliphatic heterocycles. The number of esters is 2. The van der Waals surface area contributed by atoms with Crippen LogP contribution in [0.4, 0.5) is 11.4 Å². The molecule has 0 radical (unpaired) electrons. The number of allylic oxidation sites excluding steroid dienone is 4. The van der Waals surface area contributed by atoms with E-state index in [0.717, 1.165) is 77.0 Å². The lowest BCUT2D eigenvalue weighted by Gasteiger charge is -2.27. The Morgan fingerprint density at radius 2 is 1.16 bits per heavy atom. The Balaban J connectivity index is 0.0000205. The zero-order valence-corrected chi connectivity index (χ0v) is 40.3. The fourth-order valence-electron chi connectivity index (χ4n) is 6.94. The van der Waals surface area contributed by atoms with E-state index in [2.05, 4.69) is 58.4 Å². The number of non-ortho nitro benzene ring substituents is 1. The van der Waals surface area contributed by atoms with Crippen LogP contribution in [-0.2, 0) is 32.7 Å². The maximum Gasteiger partial charge on any atom is 0.306 e. The molecule has 1 aromatic heterocycles. The molecule has 0 saturated heterocycles. The van der Waals surface area contributed by atoms with Crippen LogP contribution in [0.15, 0.2) is 41.1 Å². The van der Waals surface area contributed by atoms with E-state index in [1.165, 1.54) is 89.2 Å². The van der Waals surface area contributed by atoms with Crippen molar-refractivity contribution in [1.29, 1.82) is 0 Å². The number of carbonyl (C=O) groups excluding carboxylic acids is 2. The Morgan fingerprint density at radius 3 is 1.67 bits per heavy atom. The highest BCUT2D eigenvalue weighted by molar-refractivity contribution is 7.45. The first kappa shape index (κ1) is 58.3. The van der Waals surface area contributed by atoms with Crippen LogP contribution in [0.2, 0.25) is 0 Å². The monoisotopic (exact) mass is 923 g/mol. The average Bonchev–Trinajstić information content (AvgIpc) is 3.76. The minimum Gasteiger partial charge on any atom is -0.756 e. The summed E-state index contributed by atoms with van der Waals surface area (Å²) in [5, 5.41) is 22.6. The molecular formula is C47H81N5O11P-.